The smallest absolute Gasteiger partial charge is 0.171 e. The summed E-state index contributed by atoms with van der Waals surface area (Å²) in [5, 5.41) is 10.8. The fourth-order valence-corrected chi connectivity index (χ4v) is 2.28. The van der Waals surface area contributed by atoms with E-state index >= 15 is 0 Å². The van der Waals surface area contributed by atoms with E-state index in [-0.39, 0.29) is 5.82 Å². The van der Waals surface area contributed by atoms with E-state index in [0.29, 0.717) is 18.2 Å². The molecule has 0 amide bonds. The average Bonchev–Trinajstić information content (AvgIpc) is 3.17. The molecule has 0 saturated heterocycles. The number of furan rings is 1. The van der Waals surface area contributed by atoms with Crippen LogP contribution in [0.3, 0.4) is 0 Å². The Bertz CT molecular complexity index is 785. The molecule has 3 rings (SSSR count). The van der Waals surface area contributed by atoms with Crippen LogP contribution in [-0.4, -0.2) is 14.9 Å². The van der Waals surface area contributed by atoms with Crippen LogP contribution in [0, 0.1) is 5.82 Å². The first kappa shape index (κ1) is 15.2. The van der Waals surface area contributed by atoms with Gasteiger partial charge in [-0.15, -0.1) is 0 Å². The molecular weight excluding hydrogens is 315 g/mol. The lowest BCUT2D eigenvalue weighted by Crippen LogP contribution is -2.27. The second-order valence-corrected chi connectivity index (χ2v) is 5.35. The molecule has 23 heavy (non-hydrogen) atoms. The SMILES string of the molecule is Fc1cccc(Cn2cc(NC(=S)NCc3ccco3)cn2)c1. The molecule has 0 spiro atoms. The molecule has 0 atom stereocenters. The molecular formula is C16H15FN4OS. The summed E-state index contributed by atoms with van der Waals surface area (Å²) in [5.74, 6) is 0.548. The van der Waals surface area contributed by atoms with Crippen molar-refractivity contribution in [1.82, 2.24) is 15.1 Å². The van der Waals surface area contributed by atoms with Gasteiger partial charge in [0.1, 0.15) is 11.6 Å². The Kier molecular flexibility index (Phi) is 4.68. The van der Waals surface area contributed by atoms with Crippen LogP contribution in [0.15, 0.2) is 59.5 Å². The second-order valence-electron chi connectivity index (χ2n) is 4.94. The van der Waals surface area contributed by atoms with E-state index in [1.807, 2.05) is 24.4 Å². The first-order valence-electron chi connectivity index (χ1n) is 7.03. The lowest BCUT2D eigenvalue weighted by molar-refractivity contribution is 0.503. The number of hydrogen-bond acceptors (Lipinski definition) is 3. The van der Waals surface area contributed by atoms with Crippen molar-refractivity contribution in [2.24, 2.45) is 0 Å². The Morgan fingerprint density at radius 2 is 2.22 bits per heavy atom. The maximum atomic E-state index is 13.2. The summed E-state index contributed by atoms with van der Waals surface area (Å²) in [6, 6.07) is 10.1. The molecule has 0 unspecified atom stereocenters. The van der Waals surface area contributed by atoms with E-state index in [1.165, 1.54) is 12.1 Å². The average molecular weight is 330 g/mol. The summed E-state index contributed by atoms with van der Waals surface area (Å²) in [4.78, 5) is 0. The molecule has 0 saturated carbocycles. The molecule has 118 valence electrons. The van der Waals surface area contributed by atoms with E-state index < -0.39 is 0 Å². The van der Waals surface area contributed by atoms with Crippen LogP contribution in [0.4, 0.5) is 10.1 Å². The van der Waals surface area contributed by atoms with Crippen molar-refractivity contribution < 1.29 is 8.81 Å². The van der Waals surface area contributed by atoms with Gasteiger partial charge < -0.3 is 15.1 Å². The maximum absolute atomic E-state index is 13.2. The Morgan fingerprint density at radius 1 is 1.30 bits per heavy atom. The van der Waals surface area contributed by atoms with Crippen LogP contribution in [0.1, 0.15) is 11.3 Å². The van der Waals surface area contributed by atoms with Gasteiger partial charge in [0, 0.05) is 6.20 Å². The zero-order valence-electron chi connectivity index (χ0n) is 12.2. The minimum Gasteiger partial charge on any atom is -0.467 e. The van der Waals surface area contributed by atoms with Gasteiger partial charge in [0.15, 0.2) is 5.11 Å². The van der Waals surface area contributed by atoms with Crippen molar-refractivity contribution in [3.05, 3.63) is 72.2 Å². The summed E-state index contributed by atoms with van der Waals surface area (Å²) >= 11 is 5.21. The normalized spacial score (nSPS) is 10.5. The lowest BCUT2D eigenvalue weighted by atomic mass is 10.2. The quantitative estimate of drug-likeness (QED) is 0.704. The minimum absolute atomic E-state index is 0.253. The van der Waals surface area contributed by atoms with Crippen LogP contribution in [0.2, 0.25) is 0 Å². The number of anilines is 1. The topological polar surface area (TPSA) is 55.0 Å². The molecule has 0 fully saturated rings. The number of nitrogens with zero attached hydrogens (tertiary/aromatic N) is 2. The van der Waals surface area contributed by atoms with Gasteiger partial charge >= 0.3 is 0 Å². The summed E-state index contributed by atoms with van der Waals surface area (Å²) < 4.78 is 20.1. The van der Waals surface area contributed by atoms with Gasteiger partial charge in [0.2, 0.25) is 0 Å². The number of aromatic nitrogens is 2. The van der Waals surface area contributed by atoms with Gasteiger partial charge in [-0.25, -0.2) is 4.39 Å². The molecule has 7 heteroatoms. The van der Waals surface area contributed by atoms with E-state index in [1.54, 1.807) is 23.2 Å². The first-order valence-corrected chi connectivity index (χ1v) is 7.44. The zero-order valence-corrected chi connectivity index (χ0v) is 13.0. The third kappa shape index (κ3) is 4.40. The van der Waals surface area contributed by atoms with Crippen LogP contribution in [0.25, 0.3) is 0 Å². The fraction of sp³-hybridized carbons (Fsp3) is 0.125. The number of rotatable bonds is 5. The Labute approximate surface area is 138 Å². The highest BCUT2D eigenvalue weighted by atomic mass is 32.1. The van der Waals surface area contributed by atoms with Crippen molar-refractivity contribution in [2.45, 2.75) is 13.1 Å². The Balaban J connectivity index is 1.53. The number of nitrogens with one attached hydrogen (secondary N) is 2. The molecule has 1 aromatic carbocycles. The highest BCUT2D eigenvalue weighted by Crippen LogP contribution is 2.09. The molecule has 0 bridgehead atoms. The van der Waals surface area contributed by atoms with Gasteiger partial charge in [-0.3, -0.25) is 4.68 Å². The van der Waals surface area contributed by atoms with E-state index in [4.69, 9.17) is 16.6 Å². The van der Waals surface area contributed by atoms with Crippen LogP contribution in [-0.2, 0) is 13.1 Å². The molecule has 0 aliphatic heterocycles. The number of hydrogen-bond donors (Lipinski definition) is 2. The fourth-order valence-electron chi connectivity index (χ4n) is 2.09. The first-order chi connectivity index (χ1) is 11.2. The molecule has 2 N–H and O–H groups in total. The van der Waals surface area contributed by atoms with Crippen molar-refractivity contribution in [1.29, 1.82) is 0 Å². The molecule has 0 aliphatic rings. The number of halogens is 1. The summed E-state index contributed by atoms with van der Waals surface area (Å²) in [6.45, 7) is 1.00. The molecule has 5 nitrogen and oxygen atoms in total. The van der Waals surface area contributed by atoms with E-state index in [2.05, 4.69) is 15.7 Å². The van der Waals surface area contributed by atoms with Gasteiger partial charge in [-0.1, -0.05) is 12.1 Å². The van der Waals surface area contributed by atoms with Crippen molar-refractivity contribution in [3.8, 4) is 0 Å². The molecule has 0 aliphatic carbocycles. The molecule has 2 aromatic heterocycles. The predicted molar refractivity (Wildman–Crippen MR) is 89.5 cm³/mol. The number of thiocarbonyl (C=S) groups is 1. The molecule has 0 radical (unpaired) electrons. The summed E-state index contributed by atoms with van der Waals surface area (Å²) in [7, 11) is 0. The largest absolute Gasteiger partial charge is 0.467 e. The predicted octanol–water partition coefficient (Wildman–Crippen LogP) is 3.15. The lowest BCUT2D eigenvalue weighted by Gasteiger charge is -2.07. The highest BCUT2D eigenvalue weighted by Gasteiger charge is 2.03. The van der Waals surface area contributed by atoms with E-state index in [9.17, 15) is 4.39 Å². The van der Waals surface area contributed by atoms with Crippen molar-refractivity contribution in [3.63, 3.8) is 0 Å². The molecule has 3 aromatic rings. The van der Waals surface area contributed by atoms with Crippen LogP contribution < -0.4 is 10.6 Å². The summed E-state index contributed by atoms with van der Waals surface area (Å²) in [5.41, 5.74) is 1.61. The maximum Gasteiger partial charge on any atom is 0.171 e. The van der Waals surface area contributed by atoms with E-state index in [0.717, 1.165) is 17.0 Å². The standard InChI is InChI=1S/C16H15FN4OS/c17-13-4-1-3-12(7-13)10-21-11-14(8-19-21)20-16(23)18-9-15-5-2-6-22-15/h1-8,11H,9-10H2,(H2,18,20,23). The monoisotopic (exact) mass is 330 g/mol. The molecule has 2 heterocycles. The Morgan fingerprint density at radius 3 is 3.00 bits per heavy atom. The minimum atomic E-state index is -0.253. The van der Waals surface area contributed by atoms with Gasteiger partial charge in [-0.05, 0) is 42.0 Å². The van der Waals surface area contributed by atoms with Crippen molar-refractivity contribution in [2.75, 3.05) is 5.32 Å². The van der Waals surface area contributed by atoms with Crippen LogP contribution >= 0.6 is 12.2 Å². The summed E-state index contributed by atoms with van der Waals surface area (Å²) in [6.07, 6.45) is 5.09. The highest BCUT2D eigenvalue weighted by molar-refractivity contribution is 7.80. The van der Waals surface area contributed by atoms with Gasteiger partial charge in [0.25, 0.3) is 0 Å². The van der Waals surface area contributed by atoms with Crippen LogP contribution in [0.5, 0.6) is 0 Å². The zero-order chi connectivity index (χ0) is 16.1. The van der Waals surface area contributed by atoms with Gasteiger partial charge in [-0.2, -0.15) is 5.10 Å². The van der Waals surface area contributed by atoms with Gasteiger partial charge in [0.05, 0.1) is 31.2 Å². The third-order valence-corrected chi connectivity index (χ3v) is 3.37. The number of benzene rings is 1. The Hall–Kier alpha value is -2.67. The second kappa shape index (κ2) is 7.06. The van der Waals surface area contributed by atoms with Crippen molar-refractivity contribution >= 4 is 23.0 Å². The third-order valence-electron chi connectivity index (χ3n) is 3.13.